The Labute approximate surface area is 120 Å². The third-order valence-electron chi connectivity index (χ3n) is 4.55. The molecule has 2 rings (SSSR count). The summed E-state index contributed by atoms with van der Waals surface area (Å²) in [5.41, 5.74) is 5.57. The van der Waals surface area contributed by atoms with Gasteiger partial charge in [-0.25, -0.2) is 0 Å². The number of likely N-dealkylation sites (N-methyl/N-ethyl adjacent to an activating group) is 1. The van der Waals surface area contributed by atoms with Crippen LogP contribution in [0.1, 0.15) is 25.7 Å². The van der Waals surface area contributed by atoms with Crippen molar-refractivity contribution in [2.45, 2.75) is 31.2 Å². The SMILES string of the molecule is CNC(=O)C1CN(C)CCN(C(=O)C2(N)CCCC2)C1. The highest BCUT2D eigenvalue weighted by atomic mass is 16.2. The standard InChI is InChI=1S/C14H26N4O2/c1-16-12(19)11-9-17(2)7-8-18(10-11)13(20)14(15)5-3-4-6-14/h11H,3-10,15H2,1-2H3,(H,16,19). The largest absolute Gasteiger partial charge is 0.359 e. The Morgan fingerprint density at radius 2 is 1.85 bits per heavy atom. The van der Waals surface area contributed by atoms with Gasteiger partial charge < -0.3 is 20.9 Å². The first-order valence-electron chi connectivity index (χ1n) is 7.44. The molecular weight excluding hydrogens is 256 g/mol. The molecule has 1 aliphatic carbocycles. The number of hydrogen-bond donors (Lipinski definition) is 2. The van der Waals surface area contributed by atoms with Crippen LogP contribution in [0, 0.1) is 5.92 Å². The molecule has 0 bridgehead atoms. The molecule has 2 amide bonds. The van der Waals surface area contributed by atoms with Gasteiger partial charge in [-0.15, -0.1) is 0 Å². The maximum atomic E-state index is 12.7. The van der Waals surface area contributed by atoms with Gasteiger partial charge in [0, 0.05) is 33.2 Å². The Kier molecular flexibility index (Phi) is 4.65. The van der Waals surface area contributed by atoms with E-state index in [4.69, 9.17) is 5.73 Å². The van der Waals surface area contributed by atoms with Crippen molar-refractivity contribution in [1.82, 2.24) is 15.1 Å². The van der Waals surface area contributed by atoms with Crippen molar-refractivity contribution in [1.29, 1.82) is 0 Å². The van der Waals surface area contributed by atoms with Gasteiger partial charge in [-0.2, -0.15) is 0 Å². The minimum absolute atomic E-state index is 0.00552. The van der Waals surface area contributed by atoms with Crippen molar-refractivity contribution in [3.05, 3.63) is 0 Å². The second-order valence-corrected chi connectivity index (χ2v) is 6.19. The van der Waals surface area contributed by atoms with Crippen molar-refractivity contribution < 1.29 is 9.59 Å². The Morgan fingerprint density at radius 1 is 1.20 bits per heavy atom. The molecule has 1 saturated heterocycles. The first-order chi connectivity index (χ1) is 9.46. The average Bonchev–Trinajstić information content (AvgIpc) is 2.78. The fraction of sp³-hybridized carbons (Fsp3) is 0.857. The highest BCUT2D eigenvalue weighted by molar-refractivity contribution is 5.87. The quantitative estimate of drug-likeness (QED) is 0.708. The zero-order valence-electron chi connectivity index (χ0n) is 12.5. The summed E-state index contributed by atoms with van der Waals surface area (Å²) in [6.07, 6.45) is 3.58. The molecule has 6 heteroatoms. The minimum Gasteiger partial charge on any atom is -0.359 e. The summed E-state index contributed by atoms with van der Waals surface area (Å²) in [7, 11) is 3.62. The Bertz CT molecular complexity index is 379. The van der Waals surface area contributed by atoms with E-state index in [1.807, 2.05) is 7.05 Å². The van der Waals surface area contributed by atoms with Gasteiger partial charge in [0.25, 0.3) is 0 Å². The second-order valence-electron chi connectivity index (χ2n) is 6.19. The van der Waals surface area contributed by atoms with E-state index >= 15 is 0 Å². The molecule has 3 N–H and O–H groups in total. The van der Waals surface area contributed by atoms with Crippen molar-refractivity contribution in [2.75, 3.05) is 40.3 Å². The molecular formula is C14H26N4O2. The lowest BCUT2D eigenvalue weighted by Gasteiger charge is -2.31. The highest BCUT2D eigenvalue weighted by Crippen LogP contribution is 2.29. The van der Waals surface area contributed by atoms with Gasteiger partial charge in [-0.1, -0.05) is 12.8 Å². The molecule has 20 heavy (non-hydrogen) atoms. The lowest BCUT2D eigenvalue weighted by Crippen LogP contribution is -2.55. The van der Waals surface area contributed by atoms with E-state index < -0.39 is 5.54 Å². The van der Waals surface area contributed by atoms with Gasteiger partial charge >= 0.3 is 0 Å². The Balaban J connectivity index is 2.10. The van der Waals surface area contributed by atoms with E-state index in [1.54, 1.807) is 11.9 Å². The molecule has 114 valence electrons. The number of nitrogens with one attached hydrogen (secondary N) is 1. The summed E-state index contributed by atoms with van der Waals surface area (Å²) in [5.74, 6) is -0.158. The molecule has 1 atom stereocenters. The van der Waals surface area contributed by atoms with Crippen LogP contribution >= 0.6 is 0 Å². The van der Waals surface area contributed by atoms with Gasteiger partial charge in [-0.05, 0) is 19.9 Å². The van der Waals surface area contributed by atoms with Crippen LogP contribution in [0.3, 0.4) is 0 Å². The number of amides is 2. The number of carbonyl (C=O) groups excluding carboxylic acids is 2. The molecule has 1 unspecified atom stereocenters. The number of hydrogen-bond acceptors (Lipinski definition) is 4. The Morgan fingerprint density at radius 3 is 2.45 bits per heavy atom. The third kappa shape index (κ3) is 3.12. The zero-order valence-corrected chi connectivity index (χ0v) is 12.5. The lowest BCUT2D eigenvalue weighted by molar-refractivity contribution is -0.138. The third-order valence-corrected chi connectivity index (χ3v) is 4.55. The maximum Gasteiger partial charge on any atom is 0.242 e. The minimum atomic E-state index is -0.698. The molecule has 0 aromatic carbocycles. The summed E-state index contributed by atoms with van der Waals surface area (Å²) >= 11 is 0. The summed E-state index contributed by atoms with van der Waals surface area (Å²) < 4.78 is 0. The van der Waals surface area contributed by atoms with Gasteiger partial charge in [0.2, 0.25) is 11.8 Å². The summed E-state index contributed by atoms with van der Waals surface area (Å²) in [5, 5.41) is 2.69. The van der Waals surface area contributed by atoms with Crippen LogP contribution in [0.5, 0.6) is 0 Å². The van der Waals surface area contributed by atoms with Crippen molar-refractivity contribution in [3.8, 4) is 0 Å². The Hall–Kier alpha value is -1.14. The number of carbonyl (C=O) groups is 2. The normalized spacial score (nSPS) is 27.1. The zero-order chi connectivity index (χ0) is 14.8. The van der Waals surface area contributed by atoms with Gasteiger partial charge in [-0.3, -0.25) is 9.59 Å². The van der Waals surface area contributed by atoms with E-state index in [1.165, 1.54) is 0 Å². The van der Waals surface area contributed by atoms with E-state index in [0.717, 1.165) is 32.2 Å². The van der Waals surface area contributed by atoms with Crippen molar-refractivity contribution >= 4 is 11.8 Å². The van der Waals surface area contributed by atoms with Gasteiger partial charge in [0.1, 0.15) is 0 Å². The molecule has 0 radical (unpaired) electrons. The number of rotatable bonds is 2. The van der Waals surface area contributed by atoms with Crippen molar-refractivity contribution in [2.24, 2.45) is 11.7 Å². The summed E-state index contributed by atoms with van der Waals surface area (Å²) in [4.78, 5) is 28.5. The number of nitrogens with two attached hydrogens (primary N) is 1. The predicted octanol–water partition coefficient (Wildman–Crippen LogP) is -0.606. The molecule has 6 nitrogen and oxygen atoms in total. The highest BCUT2D eigenvalue weighted by Gasteiger charge is 2.41. The fourth-order valence-corrected chi connectivity index (χ4v) is 3.26. The predicted molar refractivity (Wildman–Crippen MR) is 77.0 cm³/mol. The van der Waals surface area contributed by atoms with Crippen molar-refractivity contribution in [3.63, 3.8) is 0 Å². The fourth-order valence-electron chi connectivity index (χ4n) is 3.26. The van der Waals surface area contributed by atoms with Crippen LogP contribution in [-0.4, -0.2) is 67.4 Å². The van der Waals surface area contributed by atoms with Crippen LogP contribution in [0.25, 0.3) is 0 Å². The van der Waals surface area contributed by atoms with Crippen LogP contribution in [0.4, 0.5) is 0 Å². The molecule has 0 aromatic heterocycles. The van der Waals surface area contributed by atoms with Crippen LogP contribution in [-0.2, 0) is 9.59 Å². The summed E-state index contributed by atoms with van der Waals surface area (Å²) in [6, 6.07) is 0. The first kappa shape index (κ1) is 15.3. The molecule has 2 fully saturated rings. The lowest BCUT2D eigenvalue weighted by atomic mass is 9.96. The monoisotopic (exact) mass is 282 g/mol. The smallest absolute Gasteiger partial charge is 0.242 e. The molecule has 2 aliphatic rings. The van der Waals surface area contributed by atoms with E-state index in [2.05, 4.69) is 10.2 Å². The first-order valence-corrected chi connectivity index (χ1v) is 7.44. The van der Waals surface area contributed by atoms with Crippen LogP contribution < -0.4 is 11.1 Å². The van der Waals surface area contributed by atoms with E-state index in [-0.39, 0.29) is 17.7 Å². The van der Waals surface area contributed by atoms with Gasteiger partial charge in [0.15, 0.2) is 0 Å². The molecule has 0 aromatic rings. The molecule has 0 spiro atoms. The molecule has 1 heterocycles. The summed E-state index contributed by atoms with van der Waals surface area (Å²) in [6.45, 7) is 2.60. The van der Waals surface area contributed by atoms with Gasteiger partial charge in [0.05, 0.1) is 11.5 Å². The van der Waals surface area contributed by atoms with Crippen LogP contribution in [0.15, 0.2) is 0 Å². The average molecular weight is 282 g/mol. The molecule has 1 aliphatic heterocycles. The maximum absolute atomic E-state index is 12.7. The second kappa shape index (κ2) is 6.10. The van der Waals surface area contributed by atoms with E-state index in [0.29, 0.717) is 19.6 Å². The van der Waals surface area contributed by atoms with E-state index in [9.17, 15) is 9.59 Å². The number of nitrogens with zero attached hydrogens (tertiary/aromatic N) is 2. The molecule has 1 saturated carbocycles. The van der Waals surface area contributed by atoms with Crippen LogP contribution in [0.2, 0.25) is 0 Å². The topological polar surface area (TPSA) is 78.7 Å².